The molecule has 0 aromatic carbocycles. The summed E-state index contributed by atoms with van der Waals surface area (Å²) in [5.74, 6) is 0.538. The molecule has 0 aliphatic heterocycles. The fourth-order valence-electron chi connectivity index (χ4n) is 1.76. The molecule has 1 rings (SSSR count). The lowest BCUT2D eigenvalue weighted by molar-refractivity contribution is 0.0908. The summed E-state index contributed by atoms with van der Waals surface area (Å²) in [6.45, 7) is 4.28. The maximum absolute atomic E-state index is 12.2. The van der Waals surface area contributed by atoms with Gasteiger partial charge < -0.3 is 0 Å². The van der Waals surface area contributed by atoms with Gasteiger partial charge in [0.05, 0.1) is 4.88 Å². The molecule has 84 valence electrons. The van der Waals surface area contributed by atoms with E-state index in [-0.39, 0.29) is 5.92 Å². The third-order valence-electron chi connectivity index (χ3n) is 2.49. The van der Waals surface area contributed by atoms with Gasteiger partial charge in [-0.15, -0.1) is 11.3 Å². The number of rotatable bonds is 6. The smallest absolute Gasteiger partial charge is 0.176 e. The highest BCUT2D eigenvalue weighted by Crippen LogP contribution is 2.28. The standard InChI is InChI=1S/C12H17BrOS/c1-3-5-9(6-4-2)11(14)12-10(13)7-8-15-12/h7-9H,3-6H2,1-2H3. The zero-order valence-electron chi connectivity index (χ0n) is 9.25. The molecule has 0 saturated carbocycles. The molecular weight excluding hydrogens is 272 g/mol. The van der Waals surface area contributed by atoms with Crippen molar-refractivity contribution in [3.8, 4) is 0 Å². The SMILES string of the molecule is CCCC(CCC)C(=O)c1sccc1Br. The normalized spacial score (nSPS) is 10.9. The van der Waals surface area contributed by atoms with E-state index in [4.69, 9.17) is 0 Å². The van der Waals surface area contributed by atoms with Crippen LogP contribution in [0.4, 0.5) is 0 Å². The first-order valence-electron chi connectivity index (χ1n) is 5.47. The average molecular weight is 289 g/mol. The zero-order chi connectivity index (χ0) is 11.3. The summed E-state index contributed by atoms with van der Waals surface area (Å²) in [5.41, 5.74) is 0. The molecule has 0 amide bonds. The molecule has 0 radical (unpaired) electrons. The van der Waals surface area contributed by atoms with Crippen LogP contribution in [0.15, 0.2) is 15.9 Å². The number of hydrogen-bond donors (Lipinski definition) is 0. The molecule has 1 aromatic rings. The Kier molecular flexibility index (Phi) is 5.54. The molecule has 1 aromatic heterocycles. The summed E-state index contributed by atoms with van der Waals surface area (Å²) in [6, 6.07) is 1.95. The van der Waals surface area contributed by atoms with E-state index in [1.54, 1.807) is 11.3 Å². The Bertz CT molecular complexity index is 313. The lowest BCUT2D eigenvalue weighted by Crippen LogP contribution is -2.13. The Hall–Kier alpha value is -0.150. The third kappa shape index (κ3) is 3.42. The second-order valence-electron chi connectivity index (χ2n) is 3.74. The Morgan fingerprint density at radius 1 is 1.40 bits per heavy atom. The van der Waals surface area contributed by atoms with Gasteiger partial charge in [0.2, 0.25) is 0 Å². The van der Waals surface area contributed by atoms with E-state index in [0.29, 0.717) is 5.78 Å². The minimum Gasteiger partial charge on any atom is -0.293 e. The van der Waals surface area contributed by atoms with E-state index in [2.05, 4.69) is 29.8 Å². The van der Waals surface area contributed by atoms with Crippen LogP contribution in [0.1, 0.15) is 49.2 Å². The van der Waals surface area contributed by atoms with Crippen molar-refractivity contribution in [2.24, 2.45) is 5.92 Å². The van der Waals surface area contributed by atoms with Gasteiger partial charge in [0, 0.05) is 10.4 Å². The van der Waals surface area contributed by atoms with Gasteiger partial charge >= 0.3 is 0 Å². The molecule has 0 spiro atoms. The van der Waals surface area contributed by atoms with E-state index in [1.165, 1.54) is 0 Å². The van der Waals surface area contributed by atoms with Crippen molar-refractivity contribution in [2.45, 2.75) is 39.5 Å². The maximum atomic E-state index is 12.2. The van der Waals surface area contributed by atoms with Crippen molar-refractivity contribution >= 4 is 33.0 Å². The van der Waals surface area contributed by atoms with Gasteiger partial charge in [-0.05, 0) is 40.2 Å². The average Bonchev–Trinajstić information content (AvgIpc) is 2.63. The predicted molar refractivity (Wildman–Crippen MR) is 69.7 cm³/mol. The zero-order valence-corrected chi connectivity index (χ0v) is 11.7. The summed E-state index contributed by atoms with van der Waals surface area (Å²) in [5, 5.41) is 1.96. The minimum atomic E-state index is 0.218. The van der Waals surface area contributed by atoms with E-state index < -0.39 is 0 Å². The van der Waals surface area contributed by atoms with Gasteiger partial charge in [-0.1, -0.05) is 26.7 Å². The van der Waals surface area contributed by atoms with Crippen molar-refractivity contribution in [3.63, 3.8) is 0 Å². The molecule has 0 aliphatic carbocycles. The molecule has 0 fully saturated rings. The molecule has 0 bridgehead atoms. The molecule has 0 aliphatic rings. The van der Waals surface area contributed by atoms with E-state index in [0.717, 1.165) is 35.0 Å². The summed E-state index contributed by atoms with van der Waals surface area (Å²) in [6.07, 6.45) is 4.19. The van der Waals surface area contributed by atoms with Crippen LogP contribution >= 0.6 is 27.3 Å². The van der Waals surface area contributed by atoms with Crippen LogP contribution < -0.4 is 0 Å². The predicted octanol–water partition coefficient (Wildman–Crippen LogP) is 4.91. The van der Waals surface area contributed by atoms with E-state index in [1.807, 2.05) is 11.4 Å². The Labute approximate surface area is 104 Å². The molecular formula is C12H17BrOS. The first-order chi connectivity index (χ1) is 7.20. The van der Waals surface area contributed by atoms with Crippen LogP contribution in [0.5, 0.6) is 0 Å². The minimum absolute atomic E-state index is 0.218. The summed E-state index contributed by atoms with van der Waals surface area (Å²) < 4.78 is 0.953. The van der Waals surface area contributed by atoms with Crippen molar-refractivity contribution in [1.29, 1.82) is 0 Å². The van der Waals surface area contributed by atoms with Crippen molar-refractivity contribution < 1.29 is 4.79 Å². The summed E-state index contributed by atoms with van der Waals surface area (Å²) >= 11 is 4.97. The fourth-order valence-corrected chi connectivity index (χ4v) is 3.34. The monoisotopic (exact) mass is 288 g/mol. The van der Waals surface area contributed by atoms with Crippen molar-refractivity contribution in [2.75, 3.05) is 0 Å². The highest BCUT2D eigenvalue weighted by atomic mass is 79.9. The molecule has 1 heterocycles. The number of carbonyl (C=O) groups excluding carboxylic acids is 1. The molecule has 0 N–H and O–H groups in total. The van der Waals surface area contributed by atoms with Crippen LogP contribution in [0.25, 0.3) is 0 Å². The van der Waals surface area contributed by atoms with Crippen molar-refractivity contribution in [3.05, 3.63) is 20.8 Å². The summed E-state index contributed by atoms with van der Waals surface area (Å²) in [7, 11) is 0. The fraction of sp³-hybridized carbons (Fsp3) is 0.583. The van der Waals surface area contributed by atoms with Crippen LogP contribution in [0.3, 0.4) is 0 Å². The third-order valence-corrected chi connectivity index (χ3v) is 4.34. The molecule has 1 nitrogen and oxygen atoms in total. The topological polar surface area (TPSA) is 17.1 Å². The number of ketones is 1. The van der Waals surface area contributed by atoms with Gasteiger partial charge in [-0.25, -0.2) is 0 Å². The van der Waals surface area contributed by atoms with E-state index in [9.17, 15) is 4.79 Å². The second kappa shape index (κ2) is 6.44. The van der Waals surface area contributed by atoms with Crippen LogP contribution in [-0.2, 0) is 0 Å². The van der Waals surface area contributed by atoms with Gasteiger partial charge in [0.1, 0.15) is 0 Å². The number of Topliss-reactive ketones (excluding diaryl/α,β-unsaturated/α-hetero) is 1. The van der Waals surface area contributed by atoms with Crippen LogP contribution in [-0.4, -0.2) is 5.78 Å². The quantitative estimate of drug-likeness (QED) is 0.680. The van der Waals surface area contributed by atoms with E-state index >= 15 is 0 Å². The maximum Gasteiger partial charge on any atom is 0.176 e. The lowest BCUT2D eigenvalue weighted by Gasteiger charge is -2.12. The second-order valence-corrected chi connectivity index (χ2v) is 5.51. The molecule has 15 heavy (non-hydrogen) atoms. The largest absolute Gasteiger partial charge is 0.293 e. The first-order valence-corrected chi connectivity index (χ1v) is 7.15. The van der Waals surface area contributed by atoms with Crippen LogP contribution in [0.2, 0.25) is 0 Å². The van der Waals surface area contributed by atoms with Gasteiger partial charge in [0.25, 0.3) is 0 Å². The lowest BCUT2D eigenvalue weighted by atomic mass is 9.93. The van der Waals surface area contributed by atoms with Gasteiger partial charge in [-0.3, -0.25) is 4.79 Å². The van der Waals surface area contributed by atoms with Gasteiger partial charge in [-0.2, -0.15) is 0 Å². The number of carbonyl (C=O) groups is 1. The van der Waals surface area contributed by atoms with Crippen molar-refractivity contribution in [1.82, 2.24) is 0 Å². The first kappa shape index (κ1) is 12.9. The highest BCUT2D eigenvalue weighted by molar-refractivity contribution is 9.10. The number of hydrogen-bond acceptors (Lipinski definition) is 2. The molecule has 0 saturated heterocycles. The van der Waals surface area contributed by atoms with Crippen LogP contribution in [0, 0.1) is 5.92 Å². The molecule has 3 heteroatoms. The number of halogens is 1. The Balaban J connectivity index is 2.76. The molecule has 0 unspecified atom stereocenters. The van der Waals surface area contributed by atoms with Gasteiger partial charge in [0.15, 0.2) is 5.78 Å². The summed E-state index contributed by atoms with van der Waals surface area (Å²) in [4.78, 5) is 13.1. The Morgan fingerprint density at radius 2 is 2.00 bits per heavy atom. The molecule has 0 atom stereocenters. The number of thiophene rings is 1. The highest BCUT2D eigenvalue weighted by Gasteiger charge is 2.21. The Morgan fingerprint density at radius 3 is 2.40 bits per heavy atom.